The van der Waals surface area contributed by atoms with Crippen molar-refractivity contribution in [1.82, 2.24) is 10.2 Å². The molecule has 2 amide bonds. The molecule has 0 aromatic heterocycles. The largest absolute Gasteiger partial charge is 0.480 e. The van der Waals surface area contributed by atoms with Crippen LogP contribution in [0, 0.1) is 0 Å². The van der Waals surface area contributed by atoms with Crippen LogP contribution >= 0.6 is 0 Å². The highest BCUT2D eigenvalue weighted by atomic mass is 16.4. The summed E-state index contributed by atoms with van der Waals surface area (Å²) in [6.45, 7) is 5.76. The summed E-state index contributed by atoms with van der Waals surface area (Å²) >= 11 is 0. The summed E-state index contributed by atoms with van der Waals surface area (Å²) in [6.07, 6.45) is 0.0106. The van der Waals surface area contributed by atoms with Crippen LogP contribution in [0.1, 0.15) is 27.2 Å². The zero-order chi connectivity index (χ0) is 12.7. The third-order valence-electron chi connectivity index (χ3n) is 2.24. The smallest absolute Gasteiger partial charge is 0.326 e. The van der Waals surface area contributed by atoms with Crippen LogP contribution < -0.4 is 5.32 Å². The van der Waals surface area contributed by atoms with Gasteiger partial charge in [-0.1, -0.05) is 0 Å². The van der Waals surface area contributed by atoms with E-state index in [-0.39, 0.29) is 19.1 Å². The minimum atomic E-state index is -1.14. The van der Waals surface area contributed by atoms with Gasteiger partial charge in [0, 0.05) is 25.6 Å². The van der Waals surface area contributed by atoms with Crippen molar-refractivity contribution in [2.75, 3.05) is 13.2 Å². The van der Waals surface area contributed by atoms with Gasteiger partial charge in [0.1, 0.15) is 6.04 Å². The lowest BCUT2D eigenvalue weighted by Gasteiger charge is -2.27. The molecule has 0 saturated heterocycles. The summed E-state index contributed by atoms with van der Waals surface area (Å²) in [5.74, 6) is -1.14. The lowest BCUT2D eigenvalue weighted by molar-refractivity contribution is -0.139. The van der Waals surface area contributed by atoms with Gasteiger partial charge >= 0.3 is 12.0 Å². The first-order valence-electron chi connectivity index (χ1n) is 5.34. The Bertz CT molecular complexity index is 243. The Balaban J connectivity index is 4.43. The van der Waals surface area contributed by atoms with Crippen LogP contribution in [-0.2, 0) is 4.79 Å². The minimum absolute atomic E-state index is 0.00794. The van der Waals surface area contributed by atoms with E-state index in [0.29, 0.717) is 6.54 Å². The number of carbonyl (C=O) groups excluding carboxylic acids is 1. The van der Waals surface area contributed by atoms with Crippen molar-refractivity contribution < 1.29 is 19.8 Å². The fourth-order valence-electron chi connectivity index (χ4n) is 1.36. The SMILES string of the molecule is CCN(C(=O)N[C@H](CCO)C(=O)O)C(C)C. The third kappa shape index (κ3) is 4.48. The van der Waals surface area contributed by atoms with E-state index in [9.17, 15) is 9.59 Å². The van der Waals surface area contributed by atoms with Gasteiger partial charge in [0.05, 0.1) is 0 Å². The van der Waals surface area contributed by atoms with Crippen molar-refractivity contribution in [2.45, 2.75) is 39.3 Å². The number of carbonyl (C=O) groups is 2. The highest BCUT2D eigenvalue weighted by Gasteiger charge is 2.23. The van der Waals surface area contributed by atoms with Gasteiger partial charge in [-0.05, 0) is 20.8 Å². The number of carboxylic acids is 1. The van der Waals surface area contributed by atoms with E-state index in [1.54, 1.807) is 0 Å². The topological polar surface area (TPSA) is 89.9 Å². The van der Waals surface area contributed by atoms with Gasteiger partial charge in [0.2, 0.25) is 0 Å². The van der Waals surface area contributed by atoms with Crippen molar-refractivity contribution in [3.63, 3.8) is 0 Å². The molecular formula is C10H20N2O4. The van der Waals surface area contributed by atoms with E-state index >= 15 is 0 Å². The molecule has 0 aliphatic carbocycles. The zero-order valence-corrected chi connectivity index (χ0v) is 9.93. The quantitative estimate of drug-likeness (QED) is 0.613. The Kier molecular flexibility index (Phi) is 6.48. The Morgan fingerprint density at radius 1 is 1.38 bits per heavy atom. The summed E-state index contributed by atoms with van der Waals surface area (Å²) < 4.78 is 0. The van der Waals surface area contributed by atoms with E-state index in [0.717, 1.165) is 0 Å². The molecule has 0 spiro atoms. The number of aliphatic hydroxyl groups excluding tert-OH is 1. The molecule has 0 radical (unpaired) electrons. The molecule has 0 aromatic rings. The van der Waals surface area contributed by atoms with Gasteiger partial charge in [0.15, 0.2) is 0 Å². The van der Waals surface area contributed by atoms with Crippen LogP contribution in [0.3, 0.4) is 0 Å². The number of nitrogens with one attached hydrogen (secondary N) is 1. The number of amides is 2. The van der Waals surface area contributed by atoms with Crippen molar-refractivity contribution in [2.24, 2.45) is 0 Å². The maximum atomic E-state index is 11.7. The molecule has 0 unspecified atom stereocenters. The second kappa shape index (κ2) is 7.05. The first-order valence-corrected chi connectivity index (χ1v) is 5.34. The third-order valence-corrected chi connectivity index (χ3v) is 2.24. The van der Waals surface area contributed by atoms with Crippen LogP contribution in [0.25, 0.3) is 0 Å². The van der Waals surface area contributed by atoms with Crippen molar-refractivity contribution in [3.8, 4) is 0 Å². The van der Waals surface area contributed by atoms with Crippen molar-refractivity contribution >= 4 is 12.0 Å². The lowest BCUT2D eigenvalue weighted by atomic mass is 10.2. The average Bonchev–Trinajstić information content (AvgIpc) is 2.17. The Morgan fingerprint density at radius 3 is 2.25 bits per heavy atom. The molecule has 94 valence electrons. The molecule has 0 aliphatic heterocycles. The molecule has 0 rings (SSSR count). The lowest BCUT2D eigenvalue weighted by Crippen LogP contribution is -2.50. The summed E-state index contributed by atoms with van der Waals surface area (Å²) in [7, 11) is 0. The summed E-state index contributed by atoms with van der Waals surface area (Å²) in [6, 6.07) is -1.45. The van der Waals surface area contributed by atoms with E-state index in [4.69, 9.17) is 10.2 Å². The Labute approximate surface area is 95.2 Å². The van der Waals surface area contributed by atoms with Gasteiger partial charge in [-0.25, -0.2) is 9.59 Å². The second-order valence-corrected chi connectivity index (χ2v) is 3.73. The summed E-state index contributed by atoms with van der Waals surface area (Å²) in [4.78, 5) is 24.0. The van der Waals surface area contributed by atoms with E-state index in [2.05, 4.69) is 5.32 Å². The summed E-state index contributed by atoms with van der Waals surface area (Å²) in [5, 5.41) is 19.9. The van der Waals surface area contributed by atoms with Crippen molar-refractivity contribution in [1.29, 1.82) is 0 Å². The molecule has 16 heavy (non-hydrogen) atoms. The number of nitrogens with zero attached hydrogens (tertiary/aromatic N) is 1. The molecule has 0 fully saturated rings. The molecule has 6 nitrogen and oxygen atoms in total. The van der Waals surface area contributed by atoms with E-state index < -0.39 is 18.0 Å². The number of hydrogen-bond donors (Lipinski definition) is 3. The molecule has 0 heterocycles. The minimum Gasteiger partial charge on any atom is -0.480 e. The number of hydrogen-bond acceptors (Lipinski definition) is 3. The van der Waals surface area contributed by atoms with Gasteiger partial charge in [-0.2, -0.15) is 0 Å². The molecule has 0 bridgehead atoms. The molecule has 3 N–H and O–H groups in total. The first kappa shape index (κ1) is 14.7. The molecule has 1 atom stereocenters. The highest BCUT2D eigenvalue weighted by molar-refractivity contribution is 5.82. The maximum absolute atomic E-state index is 11.7. The average molecular weight is 232 g/mol. The van der Waals surface area contributed by atoms with Crippen LogP contribution in [0.5, 0.6) is 0 Å². The molecule has 0 aliphatic rings. The van der Waals surface area contributed by atoms with Gasteiger partial charge in [-0.3, -0.25) is 0 Å². The van der Waals surface area contributed by atoms with Gasteiger partial charge < -0.3 is 20.4 Å². The van der Waals surface area contributed by atoms with Crippen LogP contribution in [0.2, 0.25) is 0 Å². The molecule has 6 heteroatoms. The zero-order valence-electron chi connectivity index (χ0n) is 9.93. The predicted octanol–water partition coefficient (Wildman–Crippen LogP) is 0.262. The number of aliphatic hydroxyl groups is 1. The number of urea groups is 1. The number of rotatable bonds is 6. The predicted molar refractivity (Wildman–Crippen MR) is 59.2 cm³/mol. The van der Waals surface area contributed by atoms with Crippen LogP contribution in [0.15, 0.2) is 0 Å². The first-order chi connectivity index (χ1) is 7.43. The monoisotopic (exact) mass is 232 g/mol. The summed E-state index contributed by atoms with van der Waals surface area (Å²) in [5.41, 5.74) is 0. The second-order valence-electron chi connectivity index (χ2n) is 3.73. The van der Waals surface area contributed by atoms with E-state index in [1.807, 2.05) is 20.8 Å². The Hall–Kier alpha value is -1.30. The fraction of sp³-hybridized carbons (Fsp3) is 0.800. The van der Waals surface area contributed by atoms with E-state index in [1.165, 1.54) is 4.90 Å². The molecule has 0 aromatic carbocycles. The number of aliphatic carboxylic acids is 1. The van der Waals surface area contributed by atoms with Crippen LogP contribution in [-0.4, -0.2) is 52.3 Å². The molecule has 0 saturated carbocycles. The number of carboxylic acid groups (broad SMARTS) is 1. The fourth-order valence-corrected chi connectivity index (χ4v) is 1.36. The normalized spacial score (nSPS) is 12.3. The van der Waals surface area contributed by atoms with Crippen molar-refractivity contribution in [3.05, 3.63) is 0 Å². The highest BCUT2D eigenvalue weighted by Crippen LogP contribution is 2.00. The van der Waals surface area contributed by atoms with Gasteiger partial charge in [0.25, 0.3) is 0 Å². The molecular weight excluding hydrogens is 212 g/mol. The van der Waals surface area contributed by atoms with Gasteiger partial charge in [-0.15, -0.1) is 0 Å². The maximum Gasteiger partial charge on any atom is 0.326 e. The standard InChI is InChI=1S/C10H20N2O4/c1-4-12(7(2)3)10(16)11-8(5-6-13)9(14)15/h7-8,13H,4-6H2,1-3H3,(H,11,16)(H,14,15)/t8-/m1/s1. The van der Waals surface area contributed by atoms with Crippen LogP contribution in [0.4, 0.5) is 4.79 Å². The Morgan fingerprint density at radius 2 is 1.94 bits per heavy atom.